The van der Waals surface area contributed by atoms with Crippen molar-refractivity contribution >= 4 is 17.5 Å². The van der Waals surface area contributed by atoms with E-state index in [2.05, 4.69) is 19.2 Å². The van der Waals surface area contributed by atoms with Gasteiger partial charge in [0.15, 0.2) is 0 Å². The molecule has 0 aliphatic carbocycles. The van der Waals surface area contributed by atoms with Gasteiger partial charge in [-0.25, -0.2) is 4.39 Å². The van der Waals surface area contributed by atoms with Gasteiger partial charge in [-0.2, -0.15) is 0 Å². The molecule has 0 aromatic heterocycles. The Labute approximate surface area is 212 Å². The Hall–Kier alpha value is -3.06. The fourth-order valence-electron chi connectivity index (χ4n) is 4.21. The number of aliphatic hydroxyl groups is 1. The van der Waals surface area contributed by atoms with Gasteiger partial charge in [0.05, 0.1) is 17.7 Å². The van der Waals surface area contributed by atoms with Crippen molar-refractivity contribution in [2.24, 2.45) is 11.8 Å². The standard InChI is InChI=1S/C29H38FNO5/c1-19(2)9-11-22(15-24(33)13-10-20(3)32)17-28(35)26(16-21-7-5-4-6-8-21)31-29(36)25-14-12-23(30)18-27(25)34/h4-8,12,14,18-19,22,26,28,34-35H,9-11,13,15-17H2,1-3H3,(H,31,36)/t22-,26+,28+/m1/s1. The second kappa shape index (κ2) is 14.5. The SMILES string of the molecule is CC(=O)CCC(=O)C[C@@H](CCC(C)C)C[C@H](O)[C@H](Cc1ccccc1)NC(=O)c1ccc(F)cc1O. The van der Waals surface area contributed by atoms with Gasteiger partial charge in [0.25, 0.3) is 5.91 Å². The van der Waals surface area contributed by atoms with Crippen molar-refractivity contribution in [3.63, 3.8) is 0 Å². The molecule has 7 heteroatoms. The molecule has 0 unspecified atom stereocenters. The van der Waals surface area contributed by atoms with E-state index >= 15 is 0 Å². The molecule has 2 rings (SSSR count). The maximum Gasteiger partial charge on any atom is 0.255 e. The molecule has 0 spiro atoms. The maximum atomic E-state index is 13.4. The molecule has 2 aromatic rings. The van der Waals surface area contributed by atoms with Crippen molar-refractivity contribution in [1.29, 1.82) is 0 Å². The van der Waals surface area contributed by atoms with Crippen LogP contribution in [-0.2, 0) is 16.0 Å². The second-order valence-electron chi connectivity index (χ2n) is 10.0. The molecule has 0 heterocycles. The Morgan fingerprint density at radius 1 is 1.00 bits per heavy atom. The van der Waals surface area contributed by atoms with Crippen LogP contribution in [0.4, 0.5) is 4.39 Å². The van der Waals surface area contributed by atoms with Crippen molar-refractivity contribution in [2.75, 3.05) is 0 Å². The number of hydrogen-bond acceptors (Lipinski definition) is 5. The number of aliphatic hydroxyl groups excluding tert-OH is 1. The lowest BCUT2D eigenvalue weighted by Crippen LogP contribution is -2.45. The predicted octanol–water partition coefficient (Wildman–Crippen LogP) is 5.00. The number of amides is 1. The van der Waals surface area contributed by atoms with Crippen LogP contribution in [0.1, 0.15) is 75.2 Å². The zero-order valence-electron chi connectivity index (χ0n) is 21.4. The molecule has 0 saturated heterocycles. The summed E-state index contributed by atoms with van der Waals surface area (Å²) in [5.41, 5.74) is 0.818. The van der Waals surface area contributed by atoms with Crippen LogP contribution < -0.4 is 5.32 Å². The van der Waals surface area contributed by atoms with Crippen molar-refractivity contribution in [3.05, 3.63) is 65.5 Å². The van der Waals surface area contributed by atoms with E-state index in [9.17, 15) is 29.0 Å². The van der Waals surface area contributed by atoms with E-state index in [1.807, 2.05) is 30.3 Å². The average molecular weight is 500 g/mol. The van der Waals surface area contributed by atoms with Gasteiger partial charge in [0.1, 0.15) is 23.1 Å². The highest BCUT2D eigenvalue weighted by molar-refractivity contribution is 5.97. The highest BCUT2D eigenvalue weighted by Crippen LogP contribution is 2.25. The first-order valence-electron chi connectivity index (χ1n) is 12.6. The molecular weight excluding hydrogens is 461 g/mol. The average Bonchev–Trinajstić information content (AvgIpc) is 2.81. The molecule has 1 amide bonds. The minimum absolute atomic E-state index is 0.00830. The number of Topliss-reactive ketones (excluding diaryl/α,β-unsaturated/α-hetero) is 2. The molecule has 0 radical (unpaired) electrons. The summed E-state index contributed by atoms with van der Waals surface area (Å²) in [4.78, 5) is 36.7. The minimum Gasteiger partial charge on any atom is -0.507 e. The molecular formula is C29H38FNO5. The summed E-state index contributed by atoms with van der Waals surface area (Å²) in [5.74, 6) is -1.47. The molecule has 0 fully saturated rings. The summed E-state index contributed by atoms with van der Waals surface area (Å²) >= 11 is 0. The number of phenolic OH excluding ortho intramolecular Hbond substituents is 1. The lowest BCUT2D eigenvalue weighted by atomic mass is 9.85. The van der Waals surface area contributed by atoms with Gasteiger partial charge in [-0.3, -0.25) is 9.59 Å². The maximum absolute atomic E-state index is 13.4. The molecule has 196 valence electrons. The van der Waals surface area contributed by atoms with Crippen molar-refractivity contribution in [1.82, 2.24) is 5.32 Å². The molecule has 6 nitrogen and oxygen atoms in total. The molecule has 0 aliphatic rings. The first kappa shape index (κ1) is 29.2. The highest BCUT2D eigenvalue weighted by atomic mass is 19.1. The van der Waals surface area contributed by atoms with Gasteiger partial charge >= 0.3 is 0 Å². The number of carbonyl (C=O) groups is 3. The lowest BCUT2D eigenvalue weighted by molar-refractivity contribution is -0.124. The number of nitrogens with one attached hydrogen (secondary N) is 1. The smallest absolute Gasteiger partial charge is 0.255 e. The Bertz CT molecular complexity index is 1010. The zero-order chi connectivity index (χ0) is 26.7. The number of phenols is 1. The lowest BCUT2D eigenvalue weighted by Gasteiger charge is -2.28. The van der Waals surface area contributed by atoms with E-state index in [1.165, 1.54) is 13.0 Å². The number of benzene rings is 2. The highest BCUT2D eigenvalue weighted by Gasteiger charge is 2.27. The number of halogens is 1. The second-order valence-corrected chi connectivity index (χ2v) is 10.0. The van der Waals surface area contributed by atoms with Crippen LogP contribution in [-0.4, -0.2) is 39.8 Å². The fourth-order valence-corrected chi connectivity index (χ4v) is 4.21. The van der Waals surface area contributed by atoms with Crippen molar-refractivity contribution in [2.45, 2.75) is 77.9 Å². The first-order chi connectivity index (χ1) is 17.0. The minimum atomic E-state index is -0.963. The quantitative estimate of drug-likeness (QED) is 0.320. The number of hydrogen-bond donors (Lipinski definition) is 3. The predicted molar refractivity (Wildman–Crippen MR) is 137 cm³/mol. The summed E-state index contributed by atoms with van der Waals surface area (Å²) in [6.07, 6.45) is 1.97. The Morgan fingerprint density at radius 2 is 1.69 bits per heavy atom. The summed E-state index contributed by atoms with van der Waals surface area (Å²) in [6.45, 7) is 5.65. The van der Waals surface area contributed by atoms with E-state index < -0.39 is 29.6 Å². The molecule has 3 N–H and O–H groups in total. The van der Waals surface area contributed by atoms with Crippen LogP contribution in [0.15, 0.2) is 48.5 Å². The molecule has 0 saturated carbocycles. The summed E-state index contributed by atoms with van der Waals surface area (Å²) in [5, 5.41) is 24.1. The third-order valence-electron chi connectivity index (χ3n) is 6.28. The Morgan fingerprint density at radius 3 is 2.31 bits per heavy atom. The summed E-state index contributed by atoms with van der Waals surface area (Å²) in [7, 11) is 0. The van der Waals surface area contributed by atoms with E-state index in [4.69, 9.17) is 0 Å². The monoisotopic (exact) mass is 499 g/mol. The van der Waals surface area contributed by atoms with Crippen LogP contribution in [0, 0.1) is 17.7 Å². The fraction of sp³-hybridized carbons (Fsp3) is 0.483. The topological polar surface area (TPSA) is 104 Å². The van der Waals surface area contributed by atoms with Gasteiger partial charge in [0, 0.05) is 25.3 Å². The molecule has 36 heavy (non-hydrogen) atoms. The van der Waals surface area contributed by atoms with Crippen molar-refractivity contribution in [3.8, 4) is 5.75 Å². The van der Waals surface area contributed by atoms with E-state index in [1.54, 1.807) is 0 Å². The molecule has 0 aliphatic heterocycles. The van der Waals surface area contributed by atoms with Crippen LogP contribution >= 0.6 is 0 Å². The van der Waals surface area contributed by atoms with E-state index in [-0.39, 0.29) is 42.3 Å². The molecule has 3 atom stereocenters. The van der Waals surface area contributed by atoms with Gasteiger partial charge in [-0.15, -0.1) is 0 Å². The van der Waals surface area contributed by atoms with Gasteiger partial charge < -0.3 is 20.3 Å². The van der Waals surface area contributed by atoms with Crippen LogP contribution in [0.3, 0.4) is 0 Å². The van der Waals surface area contributed by atoms with Crippen molar-refractivity contribution < 1.29 is 29.0 Å². The van der Waals surface area contributed by atoms with Gasteiger partial charge in [-0.1, -0.05) is 50.6 Å². The number of carbonyl (C=O) groups excluding carboxylic acids is 3. The number of aromatic hydroxyl groups is 1. The largest absolute Gasteiger partial charge is 0.507 e. The Kier molecular flexibility index (Phi) is 11.7. The van der Waals surface area contributed by atoms with Crippen LogP contribution in [0.2, 0.25) is 0 Å². The summed E-state index contributed by atoms with van der Waals surface area (Å²) < 4.78 is 13.4. The van der Waals surface area contributed by atoms with Crippen LogP contribution in [0.5, 0.6) is 5.75 Å². The molecule has 2 aromatic carbocycles. The Balaban J connectivity index is 2.20. The van der Waals surface area contributed by atoms with E-state index in [0.29, 0.717) is 18.8 Å². The normalized spacial score (nSPS) is 13.7. The van der Waals surface area contributed by atoms with Gasteiger partial charge in [0.2, 0.25) is 0 Å². The first-order valence-corrected chi connectivity index (χ1v) is 12.6. The van der Waals surface area contributed by atoms with Gasteiger partial charge in [-0.05, 0) is 55.7 Å². The third-order valence-corrected chi connectivity index (χ3v) is 6.28. The molecule has 0 bridgehead atoms. The third kappa shape index (κ3) is 10.3. The zero-order valence-corrected chi connectivity index (χ0v) is 21.4. The number of ketones is 2. The van der Waals surface area contributed by atoms with Crippen LogP contribution in [0.25, 0.3) is 0 Å². The van der Waals surface area contributed by atoms with E-state index in [0.717, 1.165) is 30.5 Å². The summed E-state index contributed by atoms with van der Waals surface area (Å²) in [6, 6.07) is 11.8. The number of rotatable bonds is 15.